The molecule has 0 N–H and O–H groups in total. The molecule has 0 saturated heterocycles. The second-order valence-electron chi connectivity index (χ2n) is 5.38. The van der Waals surface area contributed by atoms with Crippen LogP contribution in [0.3, 0.4) is 0 Å². The van der Waals surface area contributed by atoms with E-state index in [1.54, 1.807) is 20.8 Å². The van der Waals surface area contributed by atoms with Gasteiger partial charge in [-0.3, -0.25) is 0 Å². The number of hydrogen-bond acceptors (Lipinski definition) is 0. The van der Waals surface area contributed by atoms with Crippen LogP contribution in [0.2, 0.25) is 0 Å². The van der Waals surface area contributed by atoms with Crippen molar-refractivity contribution in [2.75, 3.05) is 0 Å². The van der Waals surface area contributed by atoms with E-state index in [0.29, 0.717) is 19.3 Å². The highest BCUT2D eigenvalue weighted by Gasteiger charge is 2.28. The average molecular weight is 290 g/mol. The summed E-state index contributed by atoms with van der Waals surface area (Å²) in [7, 11) is 0. The molecule has 0 saturated carbocycles. The van der Waals surface area contributed by atoms with E-state index in [1.807, 2.05) is 6.92 Å². The van der Waals surface area contributed by atoms with Crippen LogP contribution in [-0.2, 0) is 6.42 Å². The van der Waals surface area contributed by atoms with Crippen molar-refractivity contribution < 1.29 is 17.6 Å². The van der Waals surface area contributed by atoms with Gasteiger partial charge in [0.15, 0.2) is 23.3 Å². The first-order chi connectivity index (χ1) is 9.38. The molecule has 1 atom stereocenters. The summed E-state index contributed by atoms with van der Waals surface area (Å²) in [6.07, 6.45) is 1.57. The first-order valence-electron chi connectivity index (χ1n) is 7.23. The Labute approximate surface area is 118 Å². The topological polar surface area (TPSA) is 0 Å². The smallest absolute Gasteiger partial charge is 0.165 e. The molecule has 20 heavy (non-hydrogen) atoms. The molecule has 1 aromatic rings. The minimum atomic E-state index is -1.23. The summed E-state index contributed by atoms with van der Waals surface area (Å²) in [6, 6.07) is 0. The molecule has 0 fully saturated rings. The van der Waals surface area contributed by atoms with Crippen LogP contribution in [-0.4, -0.2) is 0 Å². The van der Waals surface area contributed by atoms with Gasteiger partial charge in [0.25, 0.3) is 0 Å². The minimum Gasteiger partial charge on any atom is -0.203 e. The predicted octanol–water partition coefficient (Wildman–Crippen LogP) is 5.74. The van der Waals surface area contributed by atoms with Crippen LogP contribution < -0.4 is 0 Å². The van der Waals surface area contributed by atoms with Crippen molar-refractivity contribution in [1.29, 1.82) is 0 Å². The van der Waals surface area contributed by atoms with Gasteiger partial charge in [-0.15, -0.1) is 0 Å². The van der Waals surface area contributed by atoms with Crippen LogP contribution in [0.5, 0.6) is 0 Å². The van der Waals surface area contributed by atoms with Gasteiger partial charge in [-0.25, -0.2) is 17.6 Å². The van der Waals surface area contributed by atoms with E-state index in [-0.39, 0.29) is 12.3 Å². The predicted molar refractivity (Wildman–Crippen MR) is 72.8 cm³/mol. The number of halogens is 4. The Balaban J connectivity index is 3.41. The molecule has 0 radical (unpaired) electrons. The lowest BCUT2D eigenvalue weighted by atomic mass is 9.89. The van der Waals surface area contributed by atoms with Gasteiger partial charge in [0, 0.05) is 11.1 Å². The zero-order chi connectivity index (χ0) is 15.4. The summed E-state index contributed by atoms with van der Waals surface area (Å²) >= 11 is 0. The summed E-state index contributed by atoms with van der Waals surface area (Å²) in [5.41, 5.74) is -0.915. The van der Waals surface area contributed by atoms with E-state index in [4.69, 9.17) is 0 Å². The number of benzene rings is 1. The zero-order valence-electron chi connectivity index (χ0n) is 12.5. The molecule has 1 unspecified atom stereocenters. The fraction of sp³-hybridized carbons (Fsp3) is 0.625. The monoisotopic (exact) mass is 290 g/mol. The van der Waals surface area contributed by atoms with E-state index in [1.165, 1.54) is 0 Å². The molecule has 1 rings (SSSR count). The van der Waals surface area contributed by atoms with Gasteiger partial charge >= 0.3 is 0 Å². The minimum absolute atomic E-state index is 0.00516. The maximum Gasteiger partial charge on any atom is 0.165 e. The van der Waals surface area contributed by atoms with E-state index in [0.717, 1.165) is 0 Å². The van der Waals surface area contributed by atoms with Gasteiger partial charge in [0.05, 0.1) is 0 Å². The van der Waals surface area contributed by atoms with Gasteiger partial charge in [0.1, 0.15) is 0 Å². The first-order valence-corrected chi connectivity index (χ1v) is 7.23. The maximum atomic E-state index is 14.1. The largest absolute Gasteiger partial charge is 0.203 e. The summed E-state index contributed by atoms with van der Waals surface area (Å²) in [5.74, 6) is -5.45. The highest BCUT2D eigenvalue weighted by molar-refractivity contribution is 5.32. The Morgan fingerprint density at radius 1 is 0.750 bits per heavy atom. The third-order valence-electron chi connectivity index (χ3n) is 4.03. The highest BCUT2D eigenvalue weighted by Crippen LogP contribution is 2.33. The van der Waals surface area contributed by atoms with Gasteiger partial charge in [0.2, 0.25) is 0 Å². The van der Waals surface area contributed by atoms with Crippen molar-refractivity contribution >= 4 is 0 Å². The molecule has 1 aromatic carbocycles. The second-order valence-corrected chi connectivity index (χ2v) is 5.38. The van der Waals surface area contributed by atoms with Gasteiger partial charge in [-0.2, -0.15) is 0 Å². The van der Waals surface area contributed by atoms with Crippen LogP contribution in [0.4, 0.5) is 17.6 Å². The van der Waals surface area contributed by atoms with Crippen molar-refractivity contribution in [3.8, 4) is 0 Å². The van der Waals surface area contributed by atoms with E-state index < -0.39 is 40.3 Å². The van der Waals surface area contributed by atoms with Gasteiger partial charge < -0.3 is 0 Å². The lowest BCUT2D eigenvalue weighted by Gasteiger charge is -2.19. The Hall–Kier alpha value is -1.06. The zero-order valence-corrected chi connectivity index (χ0v) is 12.5. The maximum absolute atomic E-state index is 14.1. The second kappa shape index (κ2) is 7.09. The molecule has 114 valence electrons. The molecular weight excluding hydrogens is 268 g/mol. The summed E-state index contributed by atoms with van der Waals surface area (Å²) in [5, 5.41) is 0. The summed E-state index contributed by atoms with van der Waals surface area (Å²) in [6.45, 7) is 7.15. The Kier molecular flexibility index (Phi) is 6.03. The van der Waals surface area contributed by atoms with Crippen LogP contribution in [0.15, 0.2) is 0 Å². The average Bonchev–Trinajstić information content (AvgIpc) is 2.45. The third kappa shape index (κ3) is 3.15. The lowest BCUT2D eigenvalue weighted by Crippen LogP contribution is -2.14. The Bertz CT molecular complexity index is 435. The van der Waals surface area contributed by atoms with Crippen molar-refractivity contribution in [3.63, 3.8) is 0 Å². The van der Waals surface area contributed by atoms with Crippen molar-refractivity contribution in [2.24, 2.45) is 5.92 Å². The van der Waals surface area contributed by atoms with Crippen molar-refractivity contribution in [1.82, 2.24) is 0 Å². The van der Waals surface area contributed by atoms with Crippen molar-refractivity contribution in [3.05, 3.63) is 34.4 Å². The van der Waals surface area contributed by atoms with Crippen molar-refractivity contribution in [2.45, 2.75) is 59.3 Å². The van der Waals surface area contributed by atoms with Crippen LogP contribution in [0.1, 0.15) is 64.0 Å². The van der Waals surface area contributed by atoms with Crippen LogP contribution in [0, 0.1) is 29.2 Å². The molecular formula is C16H22F4. The molecule has 0 aliphatic heterocycles. The fourth-order valence-electron chi connectivity index (χ4n) is 2.42. The van der Waals surface area contributed by atoms with Crippen LogP contribution >= 0.6 is 0 Å². The number of hydrogen-bond donors (Lipinski definition) is 0. The molecule has 0 aliphatic carbocycles. The Morgan fingerprint density at radius 3 is 1.55 bits per heavy atom. The molecule has 0 nitrogen and oxygen atoms in total. The lowest BCUT2D eigenvalue weighted by molar-refractivity contribution is 0.399. The molecule has 0 amide bonds. The molecule has 0 bridgehead atoms. The van der Waals surface area contributed by atoms with Crippen LogP contribution in [0.25, 0.3) is 0 Å². The molecule has 0 heterocycles. The van der Waals surface area contributed by atoms with Gasteiger partial charge in [-0.05, 0) is 31.1 Å². The molecule has 0 spiro atoms. The Morgan fingerprint density at radius 2 is 1.20 bits per heavy atom. The fourth-order valence-corrected chi connectivity index (χ4v) is 2.42. The van der Waals surface area contributed by atoms with E-state index >= 15 is 0 Å². The highest BCUT2D eigenvalue weighted by atomic mass is 19.2. The molecule has 4 heteroatoms. The van der Waals surface area contributed by atoms with E-state index in [9.17, 15) is 17.6 Å². The third-order valence-corrected chi connectivity index (χ3v) is 4.03. The molecule has 0 aliphatic rings. The SMILES string of the molecule is CCC(C)Cc1c(F)c(F)c(C(CC)CC)c(F)c1F. The quantitative estimate of drug-likeness (QED) is 0.463. The number of rotatable bonds is 6. The normalized spacial score (nSPS) is 13.1. The molecule has 0 aromatic heterocycles. The van der Waals surface area contributed by atoms with Gasteiger partial charge in [-0.1, -0.05) is 34.1 Å². The summed E-state index contributed by atoms with van der Waals surface area (Å²) < 4.78 is 56.3. The van der Waals surface area contributed by atoms with E-state index in [2.05, 4.69) is 0 Å². The standard InChI is InChI=1S/C16H22F4/c1-5-9(4)8-11-13(17)15(19)12(10(6-2)7-3)16(20)14(11)18/h9-10H,5-8H2,1-4H3. The summed E-state index contributed by atoms with van der Waals surface area (Å²) in [4.78, 5) is 0. The first kappa shape index (κ1) is 17.0.